The predicted octanol–water partition coefficient (Wildman–Crippen LogP) is 5.51. The summed E-state index contributed by atoms with van der Waals surface area (Å²) in [5, 5.41) is 7.18. The Labute approximate surface area is 189 Å². The Hall–Kier alpha value is -2.18. The van der Waals surface area contributed by atoms with Crippen LogP contribution in [0.4, 0.5) is 5.00 Å². The van der Waals surface area contributed by atoms with E-state index in [0.717, 1.165) is 43.2 Å². The zero-order valence-electron chi connectivity index (χ0n) is 19.0. The largest absolute Gasteiger partial charge is 0.462 e. The van der Waals surface area contributed by atoms with E-state index in [1.165, 1.54) is 16.2 Å². The second-order valence-electron chi connectivity index (χ2n) is 8.47. The van der Waals surface area contributed by atoms with E-state index in [-0.39, 0.29) is 17.9 Å². The third-order valence-electron chi connectivity index (χ3n) is 5.80. The average Bonchev–Trinajstić information content (AvgIpc) is 3.09. The molecule has 3 atom stereocenters. The Bertz CT molecular complexity index is 894. The number of ether oxygens (including phenoxy) is 1. The number of thiophene rings is 1. The predicted molar refractivity (Wildman–Crippen MR) is 127 cm³/mol. The van der Waals surface area contributed by atoms with E-state index >= 15 is 0 Å². The number of hydrogen-bond acceptors (Lipinski definition) is 5. The smallest absolute Gasteiger partial charge is 0.341 e. The molecule has 2 N–H and O–H groups in total. The Morgan fingerprint density at radius 1 is 1.23 bits per heavy atom. The summed E-state index contributed by atoms with van der Waals surface area (Å²) in [6, 6.07) is 9.46. The monoisotopic (exact) mass is 442 g/mol. The Kier molecular flexibility index (Phi) is 8.27. The number of carbonyl (C=O) groups excluding carboxylic acids is 2. The number of fused-ring (bicyclic) bond motifs is 1. The number of esters is 1. The van der Waals surface area contributed by atoms with Gasteiger partial charge in [0.15, 0.2) is 0 Å². The molecule has 1 heterocycles. The molecule has 0 aliphatic heterocycles. The van der Waals surface area contributed by atoms with Gasteiger partial charge in [-0.3, -0.25) is 10.1 Å². The van der Waals surface area contributed by atoms with Crippen LogP contribution in [0, 0.1) is 5.92 Å². The van der Waals surface area contributed by atoms with Gasteiger partial charge in [-0.1, -0.05) is 50.6 Å². The first-order chi connectivity index (χ1) is 14.9. The van der Waals surface area contributed by atoms with Gasteiger partial charge in [0.25, 0.3) is 0 Å². The lowest BCUT2D eigenvalue weighted by molar-refractivity contribution is -0.118. The van der Waals surface area contributed by atoms with Gasteiger partial charge in [0.1, 0.15) is 11.0 Å². The topological polar surface area (TPSA) is 67.4 Å². The molecular formula is C25H34N2O3S. The van der Waals surface area contributed by atoms with Crippen LogP contribution in [0.25, 0.3) is 0 Å². The van der Waals surface area contributed by atoms with Gasteiger partial charge in [-0.2, -0.15) is 0 Å². The number of carbonyl (C=O) groups is 2. The van der Waals surface area contributed by atoms with Crippen LogP contribution >= 0.6 is 11.3 Å². The van der Waals surface area contributed by atoms with E-state index in [2.05, 4.69) is 31.4 Å². The third-order valence-corrected chi connectivity index (χ3v) is 6.97. The van der Waals surface area contributed by atoms with Gasteiger partial charge in [0.05, 0.1) is 12.2 Å². The molecule has 3 rings (SSSR count). The van der Waals surface area contributed by atoms with Crippen LogP contribution in [0.5, 0.6) is 0 Å². The van der Waals surface area contributed by atoms with E-state index in [9.17, 15) is 9.59 Å². The summed E-state index contributed by atoms with van der Waals surface area (Å²) >= 11 is 1.53. The molecule has 31 heavy (non-hydrogen) atoms. The number of nitrogens with one attached hydrogen (secondary N) is 2. The van der Waals surface area contributed by atoms with Crippen molar-refractivity contribution in [3.8, 4) is 0 Å². The summed E-state index contributed by atoms with van der Waals surface area (Å²) in [5.41, 5.74) is 2.52. The van der Waals surface area contributed by atoms with Crippen molar-refractivity contribution in [2.75, 3.05) is 11.9 Å². The van der Waals surface area contributed by atoms with Gasteiger partial charge >= 0.3 is 5.97 Å². The maximum absolute atomic E-state index is 13.4. The third kappa shape index (κ3) is 5.74. The highest BCUT2D eigenvalue weighted by atomic mass is 32.1. The summed E-state index contributed by atoms with van der Waals surface area (Å²) in [5.74, 6) is 0.0955. The van der Waals surface area contributed by atoms with Crippen LogP contribution < -0.4 is 10.6 Å². The van der Waals surface area contributed by atoms with Gasteiger partial charge in [-0.25, -0.2) is 4.79 Å². The van der Waals surface area contributed by atoms with Crippen molar-refractivity contribution in [2.45, 2.75) is 71.9 Å². The van der Waals surface area contributed by atoms with Crippen molar-refractivity contribution in [1.29, 1.82) is 0 Å². The molecule has 0 saturated carbocycles. The number of anilines is 1. The first kappa shape index (κ1) is 23.5. The second-order valence-corrected chi connectivity index (χ2v) is 9.57. The van der Waals surface area contributed by atoms with Gasteiger partial charge < -0.3 is 10.1 Å². The van der Waals surface area contributed by atoms with Crippen LogP contribution in [0.3, 0.4) is 0 Å². The number of amides is 1. The maximum Gasteiger partial charge on any atom is 0.341 e. The van der Waals surface area contributed by atoms with E-state index in [1.807, 2.05) is 37.3 Å². The summed E-state index contributed by atoms with van der Waals surface area (Å²) in [6.45, 7) is 8.59. The molecule has 6 heteroatoms. The molecule has 2 aromatic rings. The minimum absolute atomic E-state index is 0.147. The van der Waals surface area contributed by atoms with Crippen molar-refractivity contribution < 1.29 is 14.3 Å². The zero-order valence-corrected chi connectivity index (χ0v) is 19.8. The molecule has 1 aromatic heterocycles. The summed E-state index contributed by atoms with van der Waals surface area (Å²) in [4.78, 5) is 27.4. The summed E-state index contributed by atoms with van der Waals surface area (Å²) in [7, 11) is 0. The van der Waals surface area contributed by atoms with Crippen molar-refractivity contribution >= 4 is 28.2 Å². The molecule has 0 unspecified atom stereocenters. The Morgan fingerprint density at radius 3 is 2.65 bits per heavy atom. The van der Waals surface area contributed by atoms with Crippen LogP contribution in [0.2, 0.25) is 0 Å². The van der Waals surface area contributed by atoms with Gasteiger partial charge in [-0.05, 0) is 56.6 Å². The van der Waals surface area contributed by atoms with E-state index in [1.54, 1.807) is 0 Å². The van der Waals surface area contributed by atoms with E-state index in [0.29, 0.717) is 23.1 Å². The molecule has 1 aliphatic rings. The first-order valence-electron chi connectivity index (χ1n) is 11.4. The highest BCUT2D eigenvalue weighted by molar-refractivity contribution is 7.17. The molecule has 0 saturated heterocycles. The number of benzene rings is 1. The van der Waals surface area contributed by atoms with Crippen molar-refractivity contribution in [1.82, 2.24) is 5.32 Å². The second kappa shape index (κ2) is 10.9. The van der Waals surface area contributed by atoms with Crippen LogP contribution in [0.15, 0.2) is 30.3 Å². The minimum Gasteiger partial charge on any atom is -0.462 e. The highest BCUT2D eigenvalue weighted by Crippen LogP contribution is 2.40. The molecule has 168 valence electrons. The first-order valence-corrected chi connectivity index (χ1v) is 12.2. The lowest BCUT2D eigenvalue weighted by Gasteiger charge is -2.23. The number of rotatable bonds is 9. The van der Waals surface area contributed by atoms with Crippen LogP contribution in [-0.4, -0.2) is 24.5 Å². The van der Waals surface area contributed by atoms with Crippen molar-refractivity contribution in [3.05, 3.63) is 51.9 Å². The maximum atomic E-state index is 13.4. The van der Waals surface area contributed by atoms with E-state index < -0.39 is 6.04 Å². The zero-order chi connectivity index (χ0) is 22.4. The molecule has 0 fully saturated rings. The average molecular weight is 443 g/mol. The summed E-state index contributed by atoms with van der Waals surface area (Å²) in [6.07, 6.45) is 4.86. The Balaban J connectivity index is 1.91. The quantitative estimate of drug-likeness (QED) is 0.503. The molecule has 0 spiro atoms. The van der Waals surface area contributed by atoms with Gasteiger partial charge in [-0.15, -0.1) is 11.3 Å². The molecule has 5 nitrogen and oxygen atoms in total. The molecular weight excluding hydrogens is 408 g/mol. The summed E-state index contributed by atoms with van der Waals surface area (Å²) < 4.78 is 5.34. The lowest BCUT2D eigenvalue weighted by Crippen LogP contribution is -2.38. The molecule has 0 bridgehead atoms. The molecule has 1 aliphatic carbocycles. The van der Waals surface area contributed by atoms with Crippen LogP contribution in [-0.2, 0) is 22.4 Å². The van der Waals surface area contributed by atoms with Crippen LogP contribution in [0.1, 0.15) is 79.4 Å². The number of hydrogen-bond donors (Lipinski definition) is 2. The van der Waals surface area contributed by atoms with Gasteiger partial charge in [0.2, 0.25) is 5.91 Å². The molecule has 0 radical (unpaired) electrons. The fourth-order valence-corrected chi connectivity index (χ4v) is 5.61. The van der Waals surface area contributed by atoms with Gasteiger partial charge in [0, 0.05) is 10.9 Å². The fraction of sp³-hybridized carbons (Fsp3) is 0.520. The fourth-order valence-electron chi connectivity index (χ4n) is 4.21. The van der Waals surface area contributed by atoms with Crippen molar-refractivity contribution in [3.63, 3.8) is 0 Å². The standard InChI is InChI=1S/C25H34N2O3S/c1-5-10-17(4)26-22(18-11-8-7-9-12-18)23(28)27-24-21(25(29)30-6-2)19-14-13-16(3)15-20(19)31-24/h7-9,11-12,16-17,22,26H,5-6,10,13-15H2,1-4H3,(H,27,28)/t16-,17-,22-/m0/s1. The Morgan fingerprint density at radius 2 is 1.97 bits per heavy atom. The lowest BCUT2D eigenvalue weighted by atomic mass is 9.88. The van der Waals surface area contributed by atoms with Crippen molar-refractivity contribution in [2.24, 2.45) is 5.92 Å². The molecule has 1 amide bonds. The SMILES string of the molecule is CCC[C@H](C)N[C@H](C(=O)Nc1sc2c(c1C(=O)OCC)CC[C@H](C)C2)c1ccccc1. The highest BCUT2D eigenvalue weighted by Gasteiger charge is 2.31. The normalized spacial score (nSPS) is 17.5. The minimum atomic E-state index is -0.490. The molecule has 1 aromatic carbocycles. The van der Waals surface area contributed by atoms with E-state index in [4.69, 9.17) is 4.74 Å².